The van der Waals surface area contributed by atoms with E-state index in [9.17, 15) is 9.59 Å². The van der Waals surface area contributed by atoms with Crippen molar-refractivity contribution in [2.75, 3.05) is 24.6 Å². The van der Waals surface area contributed by atoms with Crippen LogP contribution in [0.1, 0.15) is 25.3 Å². The summed E-state index contributed by atoms with van der Waals surface area (Å²) in [5.74, 6) is -0.410. The number of carbonyl (C=O) groups is 2. The summed E-state index contributed by atoms with van der Waals surface area (Å²) in [5, 5.41) is 11.5. The van der Waals surface area contributed by atoms with Crippen molar-refractivity contribution in [3.8, 4) is 0 Å². The van der Waals surface area contributed by atoms with E-state index in [-0.39, 0.29) is 30.8 Å². The van der Waals surface area contributed by atoms with E-state index in [1.165, 1.54) is 0 Å². The fourth-order valence-corrected chi connectivity index (χ4v) is 2.62. The van der Waals surface area contributed by atoms with Gasteiger partial charge in [0, 0.05) is 31.8 Å². The van der Waals surface area contributed by atoms with E-state index in [0.29, 0.717) is 19.5 Å². The zero-order valence-corrected chi connectivity index (χ0v) is 12.3. The standard InChI is InChI=1S/C16H22N2O3/c1-2-12-6-3-4-7-14(12)18-11-13(10-15(18)20)16(21)17-8-5-9-19/h3-4,6-7,13,19H,2,5,8-11H2,1H3,(H,17,21). The summed E-state index contributed by atoms with van der Waals surface area (Å²) in [4.78, 5) is 25.9. The Bertz CT molecular complexity index is 516. The molecule has 0 spiro atoms. The van der Waals surface area contributed by atoms with E-state index in [0.717, 1.165) is 17.7 Å². The second-order valence-electron chi connectivity index (χ2n) is 5.26. The van der Waals surface area contributed by atoms with Crippen LogP contribution in [0.5, 0.6) is 0 Å². The lowest BCUT2D eigenvalue weighted by atomic mass is 10.1. The van der Waals surface area contributed by atoms with Crippen LogP contribution in [0.4, 0.5) is 5.69 Å². The topological polar surface area (TPSA) is 69.6 Å². The first kappa shape index (κ1) is 15.5. The summed E-state index contributed by atoms with van der Waals surface area (Å²) < 4.78 is 0. The van der Waals surface area contributed by atoms with Crippen LogP contribution < -0.4 is 10.2 Å². The molecule has 5 nitrogen and oxygen atoms in total. The van der Waals surface area contributed by atoms with Gasteiger partial charge in [0.1, 0.15) is 0 Å². The van der Waals surface area contributed by atoms with E-state index < -0.39 is 0 Å². The van der Waals surface area contributed by atoms with Crippen LogP contribution in [0.15, 0.2) is 24.3 Å². The lowest BCUT2D eigenvalue weighted by Crippen LogP contribution is -2.34. The van der Waals surface area contributed by atoms with Gasteiger partial charge in [-0.1, -0.05) is 25.1 Å². The van der Waals surface area contributed by atoms with Gasteiger partial charge >= 0.3 is 0 Å². The summed E-state index contributed by atoms with van der Waals surface area (Å²) in [6.45, 7) is 2.99. The predicted molar refractivity (Wildman–Crippen MR) is 81.0 cm³/mol. The number of benzene rings is 1. The van der Waals surface area contributed by atoms with E-state index >= 15 is 0 Å². The molecule has 0 aliphatic carbocycles. The van der Waals surface area contributed by atoms with Gasteiger partial charge in [-0.25, -0.2) is 0 Å². The highest BCUT2D eigenvalue weighted by Crippen LogP contribution is 2.28. The number of amides is 2. The Kier molecular flexibility index (Phi) is 5.33. The molecular formula is C16H22N2O3. The maximum Gasteiger partial charge on any atom is 0.227 e. The first-order valence-electron chi connectivity index (χ1n) is 7.44. The number of hydrogen-bond acceptors (Lipinski definition) is 3. The van der Waals surface area contributed by atoms with Gasteiger partial charge in [0.15, 0.2) is 0 Å². The smallest absolute Gasteiger partial charge is 0.227 e. The number of nitrogens with zero attached hydrogens (tertiary/aromatic N) is 1. The monoisotopic (exact) mass is 290 g/mol. The van der Waals surface area contributed by atoms with Crippen molar-refractivity contribution in [2.24, 2.45) is 5.92 Å². The summed E-state index contributed by atoms with van der Waals surface area (Å²) in [6.07, 6.45) is 1.64. The highest BCUT2D eigenvalue weighted by atomic mass is 16.3. The van der Waals surface area contributed by atoms with Gasteiger partial charge in [-0.3, -0.25) is 9.59 Å². The second-order valence-corrected chi connectivity index (χ2v) is 5.26. The van der Waals surface area contributed by atoms with Crippen LogP contribution in [0.3, 0.4) is 0 Å². The molecule has 0 aromatic heterocycles. The number of aliphatic hydroxyl groups excluding tert-OH is 1. The molecule has 1 fully saturated rings. The quantitative estimate of drug-likeness (QED) is 0.771. The maximum atomic E-state index is 12.2. The molecular weight excluding hydrogens is 268 g/mol. The van der Waals surface area contributed by atoms with E-state index in [1.807, 2.05) is 24.3 Å². The average Bonchev–Trinajstić information content (AvgIpc) is 2.89. The molecule has 1 saturated heterocycles. The Hall–Kier alpha value is -1.88. The second kappa shape index (κ2) is 7.22. The largest absolute Gasteiger partial charge is 0.396 e. The third-order valence-corrected chi connectivity index (χ3v) is 3.79. The summed E-state index contributed by atoms with van der Waals surface area (Å²) in [5.41, 5.74) is 2.03. The van der Waals surface area contributed by atoms with Crippen LogP contribution in [-0.2, 0) is 16.0 Å². The molecule has 0 radical (unpaired) electrons. The molecule has 1 atom stereocenters. The average molecular weight is 290 g/mol. The van der Waals surface area contributed by atoms with Gasteiger partial charge in [0.05, 0.1) is 5.92 Å². The Morgan fingerprint density at radius 3 is 2.90 bits per heavy atom. The third-order valence-electron chi connectivity index (χ3n) is 3.79. The molecule has 1 heterocycles. The zero-order valence-electron chi connectivity index (χ0n) is 12.3. The Labute approximate surface area is 125 Å². The first-order chi connectivity index (χ1) is 10.2. The van der Waals surface area contributed by atoms with Crippen molar-refractivity contribution in [1.82, 2.24) is 5.32 Å². The van der Waals surface area contributed by atoms with Gasteiger partial charge in [-0.2, -0.15) is 0 Å². The number of para-hydroxylation sites is 1. The molecule has 1 aliphatic rings. The Morgan fingerprint density at radius 1 is 1.43 bits per heavy atom. The zero-order chi connectivity index (χ0) is 15.2. The highest BCUT2D eigenvalue weighted by molar-refractivity contribution is 6.00. The van der Waals surface area contributed by atoms with Gasteiger partial charge in [0.2, 0.25) is 11.8 Å². The van der Waals surface area contributed by atoms with Crippen LogP contribution >= 0.6 is 0 Å². The van der Waals surface area contributed by atoms with Crippen molar-refractivity contribution < 1.29 is 14.7 Å². The summed E-state index contributed by atoms with van der Waals surface area (Å²) >= 11 is 0. The number of aliphatic hydroxyl groups is 1. The highest BCUT2D eigenvalue weighted by Gasteiger charge is 2.35. The van der Waals surface area contributed by atoms with Crippen LogP contribution in [-0.4, -0.2) is 36.6 Å². The molecule has 1 unspecified atom stereocenters. The fraction of sp³-hybridized carbons (Fsp3) is 0.500. The van der Waals surface area contributed by atoms with Crippen molar-refractivity contribution in [3.05, 3.63) is 29.8 Å². The molecule has 1 aromatic carbocycles. The van der Waals surface area contributed by atoms with Crippen LogP contribution in [0.2, 0.25) is 0 Å². The SMILES string of the molecule is CCc1ccccc1N1CC(C(=O)NCCCO)CC1=O. The number of carbonyl (C=O) groups excluding carboxylic acids is 2. The number of anilines is 1. The number of nitrogens with one attached hydrogen (secondary N) is 1. The van der Waals surface area contributed by atoms with Crippen molar-refractivity contribution in [1.29, 1.82) is 0 Å². The molecule has 21 heavy (non-hydrogen) atoms. The lowest BCUT2D eigenvalue weighted by molar-refractivity contribution is -0.126. The number of aryl methyl sites for hydroxylation is 1. The Morgan fingerprint density at radius 2 is 2.19 bits per heavy atom. The first-order valence-corrected chi connectivity index (χ1v) is 7.44. The van der Waals surface area contributed by atoms with Crippen LogP contribution in [0, 0.1) is 5.92 Å². The van der Waals surface area contributed by atoms with Gasteiger partial charge < -0.3 is 15.3 Å². The molecule has 0 saturated carbocycles. The third kappa shape index (κ3) is 3.61. The van der Waals surface area contributed by atoms with Crippen molar-refractivity contribution >= 4 is 17.5 Å². The van der Waals surface area contributed by atoms with E-state index in [4.69, 9.17) is 5.11 Å². The van der Waals surface area contributed by atoms with Gasteiger partial charge in [-0.15, -0.1) is 0 Å². The molecule has 114 valence electrons. The minimum absolute atomic E-state index is 0.00166. The fourth-order valence-electron chi connectivity index (χ4n) is 2.62. The van der Waals surface area contributed by atoms with Gasteiger partial charge in [0.25, 0.3) is 0 Å². The summed E-state index contributed by atoms with van der Waals surface area (Å²) in [7, 11) is 0. The minimum Gasteiger partial charge on any atom is -0.396 e. The van der Waals surface area contributed by atoms with E-state index in [2.05, 4.69) is 12.2 Å². The summed E-state index contributed by atoms with van der Waals surface area (Å²) in [6, 6.07) is 7.82. The lowest BCUT2D eigenvalue weighted by Gasteiger charge is -2.19. The number of hydrogen-bond donors (Lipinski definition) is 2. The van der Waals surface area contributed by atoms with E-state index in [1.54, 1.807) is 4.90 Å². The van der Waals surface area contributed by atoms with Crippen molar-refractivity contribution in [2.45, 2.75) is 26.2 Å². The van der Waals surface area contributed by atoms with Crippen LogP contribution in [0.25, 0.3) is 0 Å². The predicted octanol–water partition coefficient (Wildman–Crippen LogP) is 1.10. The number of rotatable bonds is 6. The maximum absolute atomic E-state index is 12.2. The van der Waals surface area contributed by atoms with Gasteiger partial charge in [-0.05, 0) is 24.5 Å². The van der Waals surface area contributed by atoms with Crippen molar-refractivity contribution in [3.63, 3.8) is 0 Å². The normalized spacial score (nSPS) is 18.1. The molecule has 2 rings (SSSR count). The molecule has 2 amide bonds. The molecule has 1 aliphatic heterocycles. The minimum atomic E-state index is -0.305. The molecule has 1 aromatic rings. The Balaban J connectivity index is 2.04. The molecule has 2 N–H and O–H groups in total. The molecule has 0 bridgehead atoms. The molecule has 5 heteroatoms.